The Kier molecular flexibility index (Phi) is 3.72. The van der Waals surface area contributed by atoms with E-state index in [-0.39, 0.29) is 17.8 Å². The summed E-state index contributed by atoms with van der Waals surface area (Å²) in [5.74, 6) is -0.328. The number of nitrogens with zero attached hydrogens (tertiary/aromatic N) is 2. The van der Waals surface area contributed by atoms with E-state index in [1.54, 1.807) is 17.0 Å². The van der Waals surface area contributed by atoms with Gasteiger partial charge in [0.15, 0.2) is 0 Å². The van der Waals surface area contributed by atoms with Gasteiger partial charge in [0.05, 0.1) is 6.04 Å². The fourth-order valence-electron chi connectivity index (χ4n) is 3.97. The van der Waals surface area contributed by atoms with Crippen molar-refractivity contribution in [1.82, 2.24) is 4.57 Å². The fraction of sp³-hybridized carbons (Fsp3) is 0.227. The number of amides is 1. The molecule has 0 N–H and O–H groups in total. The lowest BCUT2D eigenvalue weighted by Gasteiger charge is -2.27. The van der Waals surface area contributed by atoms with E-state index in [0.717, 1.165) is 33.3 Å². The number of fused-ring (bicyclic) bond motifs is 1. The van der Waals surface area contributed by atoms with Gasteiger partial charge in [0.2, 0.25) is 0 Å². The number of benzene rings is 2. The first kappa shape index (κ1) is 16.6. The summed E-state index contributed by atoms with van der Waals surface area (Å²) in [6, 6.07) is 14.2. The van der Waals surface area contributed by atoms with Crippen molar-refractivity contribution >= 4 is 22.5 Å². The third-order valence-electron chi connectivity index (χ3n) is 5.63. The van der Waals surface area contributed by atoms with Crippen molar-refractivity contribution in [1.29, 1.82) is 0 Å². The van der Waals surface area contributed by atoms with Gasteiger partial charge in [-0.05, 0) is 56.7 Å². The first-order valence-electron chi connectivity index (χ1n) is 8.72. The maximum absolute atomic E-state index is 13.4. The maximum atomic E-state index is 13.4. The molecule has 0 bridgehead atoms. The minimum atomic E-state index is -0.306. The van der Waals surface area contributed by atoms with E-state index in [0.29, 0.717) is 5.69 Å². The van der Waals surface area contributed by atoms with E-state index in [1.165, 1.54) is 12.1 Å². The van der Waals surface area contributed by atoms with Gasteiger partial charge in [0.25, 0.3) is 5.91 Å². The summed E-state index contributed by atoms with van der Waals surface area (Å²) in [5, 5.41) is 1.14. The van der Waals surface area contributed by atoms with Gasteiger partial charge in [-0.25, -0.2) is 4.39 Å². The average molecular weight is 348 g/mol. The number of hydrogen-bond donors (Lipinski definition) is 0. The van der Waals surface area contributed by atoms with Gasteiger partial charge in [-0.3, -0.25) is 9.69 Å². The van der Waals surface area contributed by atoms with E-state index in [2.05, 4.69) is 23.6 Å². The van der Waals surface area contributed by atoms with E-state index in [4.69, 9.17) is 0 Å². The lowest BCUT2D eigenvalue weighted by atomic mass is 9.96. The predicted molar refractivity (Wildman–Crippen MR) is 103 cm³/mol. The Morgan fingerprint density at radius 3 is 2.31 bits per heavy atom. The van der Waals surface area contributed by atoms with Crippen molar-refractivity contribution in [3.05, 3.63) is 76.8 Å². The molecule has 26 heavy (non-hydrogen) atoms. The molecule has 1 aromatic heterocycles. The second-order valence-electron chi connectivity index (χ2n) is 6.94. The van der Waals surface area contributed by atoms with Gasteiger partial charge in [0, 0.05) is 40.5 Å². The van der Waals surface area contributed by atoms with E-state index in [1.807, 2.05) is 33.0 Å². The van der Waals surface area contributed by atoms with E-state index in [9.17, 15) is 9.18 Å². The van der Waals surface area contributed by atoms with Crippen LogP contribution in [0.1, 0.15) is 31.1 Å². The highest BCUT2D eigenvalue weighted by Crippen LogP contribution is 2.44. The topological polar surface area (TPSA) is 25.2 Å². The Morgan fingerprint density at radius 1 is 0.962 bits per heavy atom. The molecule has 0 aliphatic carbocycles. The number of para-hydroxylation sites is 1. The first-order chi connectivity index (χ1) is 12.4. The molecular weight excluding hydrogens is 327 g/mol. The molecule has 3 aromatic rings. The van der Waals surface area contributed by atoms with Crippen molar-refractivity contribution in [2.24, 2.45) is 7.05 Å². The van der Waals surface area contributed by atoms with Gasteiger partial charge >= 0.3 is 0 Å². The molecule has 1 atom stereocenters. The second kappa shape index (κ2) is 5.84. The number of carbonyl (C=O) groups excluding carboxylic acids is 1. The van der Waals surface area contributed by atoms with Crippen molar-refractivity contribution in [3.63, 3.8) is 0 Å². The minimum absolute atomic E-state index is 0.0218. The summed E-state index contributed by atoms with van der Waals surface area (Å²) in [5.41, 5.74) is 5.92. The Morgan fingerprint density at radius 2 is 1.62 bits per heavy atom. The van der Waals surface area contributed by atoms with Crippen molar-refractivity contribution in [2.45, 2.75) is 26.8 Å². The Hall–Kier alpha value is -2.88. The lowest BCUT2D eigenvalue weighted by molar-refractivity contribution is -0.114. The Bertz CT molecular complexity index is 1060. The summed E-state index contributed by atoms with van der Waals surface area (Å²) in [6.07, 6.45) is 0. The van der Waals surface area contributed by atoms with Crippen LogP contribution in [0.5, 0.6) is 0 Å². The average Bonchev–Trinajstić information content (AvgIpc) is 3.02. The van der Waals surface area contributed by atoms with Crippen LogP contribution in [0.15, 0.2) is 59.7 Å². The second-order valence-corrected chi connectivity index (χ2v) is 6.94. The van der Waals surface area contributed by atoms with Crippen LogP contribution < -0.4 is 4.90 Å². The zero-order valence-corrected chi connectivity index (χ0v) is 15.4. The number of aromatic nitrogens is 1. The molecule has 4 rings (SSSR count). The Labute approximate surface area is 152 Å². The van der Waals surface area contributed by atoms with Crippen LogP contribution in [0.25, 0.3) is 10.9 Å². The highest BCUT2D eigenvalue weighted by molar-refractivity contribution is 6.10. The lowest BCUT2D eigenvalue weighted by Crippen LogP contribution is -2.30. The number of halogens is 1. The zero-order chi connectivity index (χ0) is 18.6. The maximum Gasteiger partial charge on any atom is 0.254 e. The number of carbonyl (C=O) groups is 1. The number of hydrogen-bond acceptors (Lipinski definition) is 1. The van der Waals surface area contributed by atoms with Gasteiger partial charge in [-0.2, -0.15) is 0 Å². The van der Waals surface area contributed by atoms with Gasteiger partial charge in [0.1, 0.15) is 5.82 Å². The summed E-state index contributed by atoms with van der Waals surface area (Å²) in [7, 11) is 2.05. The van der Waals surface area contributed by atoms with Gasteiger partial charge in [-0.15, -0.1) is 0 Å². The van der Waals surface area contributed by atoms with Crippen LogP contribution in [0.2, 0.25) is 0 Å². The molecule has 2 heterocycles. The summed E-state index contributed by atoms with van der Waals surface area (Å²) >= 11 is 0. The molecule has 1 aliphatic rings. The van der Waals surface area contributed by atoms with Crippen molar-refractivity contribution in [3.8, 4) is 0 Å². The van der Waals surface area contributed by atoms with Gasteiger partial charge in [-0.1, -0.05) is 18.2 Å². The molecule has 0 radical (unpaired) electrons. The molecule has 1 aliphatic heterocycles. The van der Waals surface area contributed by atoms with Crippen LogP contribution in [0.3, 0.4) is 0 Å². The fourth-order valence-corrected chi connectivity index (χ4v) is 3.97. The molecule has 0 saturated heterocycles. The largest absolute Gasteiger partial charge is 0.348 e. The van der Waals surface area contributed by atoms with Crippen LogP contribution in [0.4, 0.5) is 10.1 Å². The van der Waals surface area contributed by atoms with Crippen LogP contribution in [0, 0.1) is 12.7 Å². The Balaban J connectivity index is 1.97. The highest BCUT2D eigenvalue weighted by atomic mass is 19.1. The van der Waals surface area contributed by atoms with Crippen LogP contribution >= 0.6 is 0 Å². The number of anilines is 1. The van der Waals surface area contributed by atoms with E-state index < -0.39 is 0 Å². The number of rotatable bonds is 2. The SMILES string of the molecule is CC1=C(C)C(c2c(C)n(C)c3ccccc23)N(c2ccc(F)cc2)C1=O. The van der Waals surface area contributed by atoms with Crippen LogP contribution in [-0.2, 0) is 11.8 Å². The molecule has 2 aromatic carbocycles. The van der Waals surface area contributed by atoms with E-state index >= 15 is 0 Å². The molecule has 132 valence electrons. The summed E-state index contributed by atoms with van der Waals surface area (Å²) < 4.78 is 15.6. The van der Waals surface area contributed by atoms with Gasteiger partial charge < -0.3 is 4.57 Å². The molecule has 0 saturated carbocycles. The molecule has 1 amide bonds. The predicted octanol–water partition coefficient (Wildman–Crippen LogP) is 5.05. The normalized spacial score (nSPS) is 17.7. The van der Waals surface area contributed by atoms with Crippen molar-refractivity contribution in [2.75, 3.05) is 4.90 Å². The highest BCUT2D eigenvalue weighted by Gasteiger charge is 2.39. The molecular formula is C22H21FN2O. The smallest absolute Gasteiger partial charge is 0.254 e. The number of aryl methyl sites for hydroxylation is 1. The summed E-state index contributed by atoms with van der Waals surface area (Å²) in [4.78, 5) is 14.8. The minimum Gasteiger partial charge on any atom is -0.348 e. The molecule has 0 spiro atoms. The monoisotopic (exact) mass is 348 g/mol. The summed E-state index contributed by atoms with van der Waals surface area (Å²) in [6.45, 7) is 5.97. The first-order valence-corrected chi connectivity index (χ1v) is 8.72. The molecule has 1 unspecified atom stereocenters. The molecule has 4 heteroatoms. The zero-order valence-electron chi connectivity index (χ0n) is 15.4. The quantitative estimate of drug-likeness (QED) is 0.636. The standard InChI is InChI=1S/C22H21FN2O/c1-13-14(2)22(26)25(17-11-9-16(23)10-12-17)21(13)20-15(3)24(4)19-8-6-5-7-18(19)20/h5-12,21H,1-4H3. The molecule has 0 fully saturated rings. The third kappa shape index (κ3) is 2.22. The molecule has 3 nitrogen and oxygen atoms in total. The third-order valence-corrected chi connectivity index (χ3v) is 5.63. The van der Waals surface area contributed by atoms with Crippen molar-refractivity contribution < 1.29 is 9.18 Å². The van der Waals surface area contributed by atoms with Crippen LogP contribution in [-0.4, -0.2) is 10.5 Å².